The monoisotopic (exact) mass is 169 g/mol. The summed E-state index contributed by atoms with van der Waals surface area (Å²) in [5, 5.41) is 12.7. The minimum Gasteiger partial charge on any atom is -0.396 e. The minimum atomic E-state index is 0.329. The van der Waals surface area contributed by atoms with E-state index in [1.807, 2.05) is 0 Å². The molecule has 0 heterocycles. The molecule has 0 aliphatic heterocycles. The molecule has 0 saturated heterocycles. The molecule has 0 spiro atoms. The van der Waals surface area contributed by atoms with Crippen molar-refractivity contribution >= 4 is 0 Å². The summed E-state index contributed by atoms with van der Waals surface area (Å²) >= 11 is 0. The first-order valence-electron chi connectivity index (χ1n) is 5.23. The van der Waals surface area contributed by atoms with Gasteiger partial charge in [-0.05, 0) is 32.1 Å². The first-order valence-corrected chi connectivity index (χ1v) is 5.23. The normalized spacial score (nSPS) is 27.8. The summed E-state index contributed by atoms with van der Waals surface area (Å²) < 4.78 is 0. The molecular weight excluding hydrogens is 150 g/mol. The molecule has 0 amide bonds. The largest absolute Gasteiger partial charge is 0.396 e. The second kappa shape index (κ2) is 3.35. The molecule has 2 aliphatic carbocycles. The van der Waals surface area contributed by atoms with Crippen molar-refractivity contribution in [3.8, 4) is 0 Å². The fourth-order valence-electron chi connectivity index (χ4n) is 2.39. The zero-order valence-electron chi connectivity index (χ0n) is 7.68. The number of aliphatic hydroxyl groups excluding tert-OH is 1. The molecule has 2 fully saturated rings. The van der Waals surface area contributed by atoms with Crippen LogP contribution in [0, 0.1) is 0 Å². The van der Waals surface area contributed by atoms with Crippen LogP contribution in [0.1, 0.15) is 44.9 Å². The van der Waals surface area contributed by atoms with Gasteiger partial charge < -0.3 is 10.4 Å². The summed E-state index contributed by atoms with van der Waals surface area (Å²) in [6.45, 7) is 0.347. The molecule has 0 aromatic heterocycles. The predicted octanol–water partition coefficient (Wildman–Crippen LogP) is 1.43. The highest BCUT2D eigenvalue weighted by molar-refractivity contribution is 4.98. The highest BCUT2D eigenvalue weighted by atomic mass is 16.3. The van der Waals surface area contributed by atoms with Gasteiger partial charge in [0.2, 0.25) is 0 Å². The highest BCUT2D eigenvalue weighted by Gasteiger charge is 2.37. The smallest absolute Gasteiger partial charge is 0.0448 e. The Balaban J connectivity index is 1.89. The van der Waals surface area contributed by atoms with Crippen LogP contribution in [-0.4, -0.2) is 23.3 Å². The molecule has 12 heavy (non-hydrogen) atoms. The summed E-state index contributed by atoms with van der Waals surface area (Å²) in [7, 11) is 0. The van der Waals surface area contributed by atoms with E-state index < -0.39 is 0 Å². The minimum absolute atomic E-state index is 0.329. The predicted molar refractivity (Wildman–Crippen MR) is 49.1 cm³/mol. The van der Waals surface area contributed by atoms with E-state index in [1.54, 1.807) is 0 Å². The molecule has 2 saturated carbocycles. The van der Waals surface area contributed by atoms with Crippen LogP contribution in [0.15, 0.2) is 0 Å². The molecule has 2 rings (SSSR count). The maximum atomic E-state index is 8.99. The molecule has 2 aliphatic rings. The van der Waals surface area contributed by atoms with Gasteiger partial charge in [-0.2, -0.15) is 0 Å². The summed E-state index contributed by atoms with van der Waals surface area (Å²) in [6, 6.07) is 0.787. The molecular formula is C10H19NO. The van der Waals surface area contributed by atoms with Crippen LogP contribution in [0.3, 0.4) is 0 Å². The Morgan fingerprint density at radius 1 is 1.25 bits per heavy atom. The van der Waals surface area contributed by atoms with Gasteiger partial charge in [0.1, 0.15) is 0 Å². The van der Waals surface area contributed by atoms with Gasteiger partial charge >= 0.3 is 0 Å². The number of aliphatic hydroxyl groups is 1. The molecule has 0 unspecified atom stereocenters. The molecule has 0 bridgehead atoms. The molecule has 70 valence electrons. The van der Waals surface area contributed by atoms with E-state index in [0.29, 0.717) is 12.1 Å². The fraction of sp³-hybridized carbons (Fsp3) is 1.00. The number of rotatable bonds is 4. The van der Waals surface area contributed by atoms with Gasteiger partial charge in [-0.3, -0.25) is 0 Å². The van der Waals surface area contributed by atoms with Gasteiger partial charge in [0, 0.05) is 18.2 Å². The zero-order valence-corrected chi connectivity index (χ0v) is 7.68. The standard InChI is InChI=1S/C10H19NO/c12-8-7-10(5-1-2-6-10)11-9-3-4-9/h9,11-12H,1-8H2. The van der Waals surface area contributed by atoms with Crippen molar-refractivity contribution in [1.82, 2.24) is 5.32 Å². The Hall–Kier alpha value is -0.0800. The first-order chi connectivity index (χ1) is 5.85. The van der Waals surface area contributed by atoms with Crippen molar-refractivity contribution in [1.29, 1.82) is 0 Å². The summed E-state index contributed by atoms with van der Waals surface area (Å²) in [6.07, 6.45) is 8.93. The van der Waals surface area contributed by atoms with E-state index in [1.165, 1.54) is 38.5 Å². The second-order valence-electron chi connectivity index (χ2n) is 4.38. The maximum Gasteiger partial charge on any atom is 0.0448 e. The van der Waals surface area contributed by atoms with Gasteiger partial charge in [0.05, 0.1) is 0 Å². The summed E-state index contributed by atoms with van der Waals surface area (Å²) in [4.78, 5) is 0. The topological polar surface area (TPSA) is 32.3 Å². The van der Waals surface area contributed by atoms with Crippen molar-refractivity contribution in [2.75, 3.05) is 6.61 Å². The Morgan fingerprint density at radius 3 is 2.42 bits per heavy atom. The fourth-order valence-corrected chi connectivity index (χ4v) is 2.39. The highest BCUT2D eigenvalue weighted by Crippen LogP contribution is 2.35. The van der Waals surface area contributed by atoms with Crippen LogP contribution in [0.4, 0.5) is 0 Å². The average Bonchev–Trinajstić information content (AvgIpc) is 2.72. The SMILES string of the molecule is OCCC1(NC2CC2)CCCC1. The lowest BCUT2D eigenvalue weighted by Gasteiger charge is -2.29. The van der Waals surface area contributed by atoms with Gasteiger partial charge in [-0.25, -0.2) is 0 Å². The number of hydrogen-bond acceptors (Lipinski definition) is 2. The van der Waals surface area contributed by atoms with Crippen molar-refractivity contribution in [3.05, 3.63) is 0 Å². The maximum absolute atomic E-state index is 8.99. The quantitative estimate of drug-likeness (QED) is 0.667. The first kappa shape index (κ1) is 8.52. The molecule has 0 radical (unpaired) electrons. The van der Waals surface area contributed by atoms with Crippen molar-refractivity contribution in [2.45, 2.75) is 56.5 Å². The van der Waals surface area contributed by atoms with E-state index in [9.17, 15) is 0 Å². The van der Waals surface area contributed by atoms with Crippen LogP contribution in [0.25, 0.3) is 0 Å². The Labute approximate surface area is 74.4 Å². The lowest BCUT2D eigenvalue weighted by Crippen LogP contribution is -2.44. The van der Waals surface area contributed by atoms with E-state index in [0.717, 1.165) is 12.5 Å². The summed E-state index contributed by atoms with van der Waals surface area (Å²) in [5.74, 6) is 0. The third-order valence-electron chi connectivity index (χ3n) is 3.24. The van der Waals surface area contributed by atoms with Gasteiger partial charge in [-0.1, -0.05) is 12.8 Å². The van der Waals surface area contributed by atoms with Crippen LogP contribution >= 0.6 is 0 Å². The van der Waals surface area contributed by atoms with Crippen molar-refractivity contribution in [3.63, 3.8) is 0 Å². The van der Waals surface area contributed by atoms with E-state index in [4.69, 9.17) is 5.11 Å². The lowest BCUT2D eigenvalue weighted by molar-refractivity contribution is 0.209. The molecule has 2 heteroatoms. The van der Waals surface area contributed by atoms with Crippen LogP contribution in [0.2, 0.25) is 0 Å². The number of nitrogens with one attached hydrogen (secondary N) is 1. The van der Waals surface area contributed by atoms with Crippen LogP contribution < -0.4 is 5.32 Å². The molecule has 0 aromatic carbocycles. The third kappa shape index (κ3) is 1.80. The second-order valence-corrected chi connectivity index (χ2v) is 4.38. The van der Waals surface area contributed by atoms with E-state index in [2.05, 4.69) is 5.32 Å². The molecule has 2 nitrogen and oxygen atoms in total. The van der Waals surface area contributed by atoms with Gasteiger partial charge in [0.15, 0.2) is 0 Å². The third-order valence-corrected chi connectivity index (χ3v) is 3.24. The number of hydrogen-bond donors (Lipinski definition) is 2. The summed E-state index contributed by atoms with van der Waals surface area (Å²) in [5.41, 5.74) is 0.329. The van der Waals surface area contributed by atoms with Crippen LogP contribution in [0.5, 0.6) is 0 Å². The van der Waals surface area contributed by atoms with Crippen LogP contribution in [-0.2, 0) is 0 Å². The lowest BCUT2D eigenvalue weighted by atomic mass is 9.93. The van der Waals surface area contributed by atoms with Crippen molar-refractivity contribution < 1.29 is 5.11 Å². The van der Waals surface area contributed by atoms with E-state index in [-0.39, 0.29) is 0 Å². The Morgan fingerprint density at radius 2 is 1.92 bits per heavy atom. The Kier molecular flexibility index (Phi) is 2.37. The molecule has 0 aromatic rings. The molecule has 2 N–H and O–H groups in total. The van der Waals surface area contributed by atoms with Gasteiger partial charge in [0.25, 0.3) is 0 Å². The average molecular weight is 169 g/mol. The van der Waals surface area contributed by atoms with Gasteiger partial charge in [-0.15, -0.1) is 0 Å². The molecule has 0 atom stereocenters. The zero-order chi connectivity index (χ0) is 8.44. The van der Waals surface area contributed by atoms with E-state index >= 15 is 0 Å². The Bertz CT molecular complexity index is 148. The van der Waals surface area contributed by atoms with Crippen molar-refractivity contribution in [2.24, 2.45) is 0 Å².